The average molecular weight is 975 g/mol. The van der Waals surface area contributed by atoms with E-state index >= 15 is 0 Å². The molecule has 1 amide bonds. The van der Waals surface area contributed by atoms with Gasteiger partial charge >= 0.3 is 12.1 Å². The van der Waals surface area contributed by atoms with Gasteiger partial charge in [0.05, 0.1) is 56.7 Å². The number of halogens is 1. The number of pyridine rings is 4. The molecule has 2 aliphatic heterocycles. The second-order valence-electron chi connectivity index (χ2n) is 18.2. The van der Waals surface area contributed by atoms with Crippen molar-refractivity contribution >= 4 is 63.7 Å². The number of fused-ring (bicyclic) bond motifs is 2. The lowest BCUT2D eigenvalue weighted by atomic mass is 9.96. The average Bonchev–Trinajstić information content (AvgIpc) is 3.99. The van der Waals surface area contributed by atoms with Gasteiger partial charge in [0.25, 0.3) is 11.8 Å². The minimum atomic E-state index is -0.532. The number of ether oxygens (including phenoxy) is 6. The normalized spacial score (nSPS) is 16.0. The summed E-state index contributed by atoms with van der Waals surface area (Å²) in [5.41, 5.74) is 2.83. The first-order chi connectivity index (χ1) is 32.9. The molecule has 0 aromatic carbocycles. The van der Waals surface area contributed by atoms with Crippen molar-refractivity contribution in [1.29, 1.82) is 0 Å². The van der Waals surface area contributed by atoms with Crippen molar-refractivity contribution in [3.8, 4) is 23.3 Å². The lowest BCUT2D eigenvalue weighted by molar-refractivity contribution is -0.156. The van der Waals surface area contributed by atoms with Gasteiger partial charge in [0.15, 0.2) is 22.8 Å². The van der Waals surface area contributed by atoms with Crippen molar-refractivity contribution in [3.05, 3.63) is 66.5 Å². The monoisotopic (exact) mass is 973 g/mol. The van der Waals surface area contributed by atoms with Crippen LogP contribution >= 0.6 is 11.6 Å². The third-order valence-corrected chi connectivity index (χ3v) is 10.7. The zero-order chi connectivity index (χ0) is 49.7. The summed E-state index contributed by atoms with van der Waals surface area (Å²) in [5, 5.41) is 21.7. The Morgan fingerprint density at radius 2 is 1.33 bits per heavy atom. The molecule has 6 aromatic rings. The summed E-state index contributed by atoms with van der Waals surface area (Å²) in [5.74, 6) is 3.45. The molecule has 2 unspecified atom stereocenters. The molecule has 0 saturated carbocycles. The Bertz CT molecular complexity index is 2640. The van der Waals surface area contributed by atoms with E-state index in [0.29, 0.717) is 75.8 Å². The Hall–Kier alpha value is -6.87. The largest absolute Gasteiger partial charge is 0.491 e. The zero-order valence-corrected chi connectivity index (χ0v) is 41.7. The number of methoxy groups -OCH3 is 4. The van der Waals surface area contributed by atoms with Crippen molar-refractivity contribution < 1.29 is 38.0 Å². The molecule has 69 heavy (non-hydrogen) atoms. The van der Waals surface area contributed by atoms with Crippen LogP contribution < -0.4 is 45.1 Å². The Labute approximate surface area is 406 Å². The lowest BCUT2D eigenvalue weighted by Gasteiger charge is -2.35. The number of rotatable bonds is 12. The van der Waals surface area contributed by atoms with E-state index in [-0.39, 0.29) is 17.6 Å². The molecule has 2 atom stereocenters. The standard InChI is InChI=1S/C23H31N7O4.C13H12ClN5O2.C11H21NO2/c1-23(2,3)34-22(31)26-15-7-6-10-29(12-15)16-11-17(20-24-14-25-30(20)13-16)27-19-9-8-18(32-4)21(28-19)33-5;1-20-10-3-4-11(18-13(10)21-2)17-9-5-8(14)6-19-12(9)15-7-16-19;1-11(2,3)14-10(13)7-9-5-4-6-12-8-9/h8-9,11,13-15H,6-7,10,12H2,1-5H3,(H,26,31)(H,27,28);3-7H,1-2H3,(H,17,18);9,12H,4-8H2,1-3H3. The van der Waals surface area contributed by atoms with Gasteiger partial charge in [-0.15, -0.1) is 0 Å². The number of esters is 1. The molecule has 6 aromatic heterocycles. The fraction of sp³-hybridized carbons (Fsp3) is 0.489. The maximum atomic E-state index is 12.3. The predicted molar refractivity (Wildman–Crippen MR) is 263 cm³/mol. The van der Waals surface area contributed by atoms with Gasteiger partial charge in [-0.2, -0.15) is 20.2 Å². The van der Waals surface area contributed by atoms with Crippen LogP contribution in [0.15, 0.2) is 61.4 Å². The van der Waals surface area contributed by atoms with Crippen LogP contribution in [0.3, 0.4) is 0 Å². The van der Waals surface area contributed by atoms with E-state index in [4.69, 9.17) is 40.0 Å². The summed E-state index contributed by atoms with van der Waals surface area (Å²) in [6, 6.07) is 10.9. The molecule has 8 rings (SSSR count). The number of nitrogens with zero attached hydrogens (tertiary/aromatic N) is 9. The molecule has 0 aliphatic carbocycles. The van der Waals surface area contributed by atoms with Crippen LogP contribution in [-0.2, 0) is 14.3 Å². The fourth-order valence-corrected chi connectivity index (χ4v) is 7.76. The summed E-state index contributed by atoms with van der Waals surface area (Å²) in [6.07, 6.45) is 10.9. The van der Waals surface area contributed by atoms with Crippen LogP contribution in [0.5, 0.6) is 23.3 Å². The van der Waals surface area contributed by atoms with Gasteiger partial charge in [0.2, 0.25) is 0 Å². The minimum Gasteiger partial charge on any atom is -0.491 e. The summed E-state index contributed by atoms with van der Waals surface area (Å²) >= 11 is 6.06. The van der Waals surface area contributed by atoms with Gasteiger partial charge in [-0.25, -0.2) is 23.8 Å². The molecule has 0 radical (unpaired) electrons. The number of nitrogens with one attached hydrogen (secondary N) is 4. The van der Waals surface area contributed by atoms with E-state index in [9.17, 15) is 9.59 Å². The zero-order valence-electron chi connectivity index (χ0n) is 41.0. The first-order valence-corrected chi connectivity index (χ1v) is 23.0. The van der Waals surface area contributed by atoms with E-state index in [2.05, 4.69) is 56.3 Å². The van der Waals surface area contributed by atoms with Crippen molar-refractivity contribution in [1.82, 2.24) is 49.8 Å². The SMILES string of the molecule is CC(C)(C)OC(=O)CC1CCCNC1.COc1ccc(Nc2cc(Cl)cn3ncnc23)nc1OC.COc1ccc(Nc2cc(N3CCCC(NC(=O)OC(C)(C)C)C3)cn3ncnc23)nc1OC. The Morgan fingerprint density at radius 1 is 0.754 bits per heavy atom. The highest BCUT2D eigenvalue weighted by atomic mass is 35.5. The number of alkyl carbamates (subject to hydrolysis) is 1. The molecule has 372 valence electrons. The van der Waals surface area contributed by atoms with Crippen LogP contribution in [-0.4, -0.2) is 123 Å². The molecule has 2 fully saturated rings. The van der Waals surface area contributed by atoms with E-state index in [0.717, 1.165) is 50.3 Å². The van der Waals surface area contributed by atoms with Crippen molar-refractivity contribution in [3.63, 3.8) is 0 Å². The Kier molecular flexibility index (Phi) is 17.5. The van der Waals surface area contributed by atoms with Crippen molar-refractivity contribution in [2.24, 2.45) is 5.92 Å². The number of carbonyl (C=O) groups excluding carboxylic acids is 2. The van der Waals surface area contributed by atoms with Crippen molar-refractivity contribution in [2.75, 3.05) is 70.2 Å². The maximum absolute atomic E-state index is 12.3. The van der Waals surface area contributed by atoms with Gasteiger partial charge in [-0.1, -0.05) is 11.6 Å². The number of anilines is 5. The first kappa shape index (κ1) is 51.5. The van der Waals surface area contributed by atoms with Gasteiger partial charge in [0, 0.05) is 31.7 Å². The number of aromatic nitrogens is 8. The molecule has 8 heterocycles. The second kappa shape index (κ2) is 23.4. The summed E-state index contributed by atoms with van der Waals surface area (Å²) in [7, 11) is 6.21. The Morgan fingerprint density at radius 3 is 1.87 bits per heavy atom. The topological polar surface area (TPSA) is 227 Å². The smallest absolute Gasteiger partial charge is 0.407 e. The van der Waals surface area contributed by atoms with Crippen LogP contribution in [0.1, 0.15) is 73.6 Å². The quantitative estimate of drug-likeness (QED) is 0.0864. The second-order valence-corrected chi connectivity index (χ2v) is 18.7. The van der Waals surface area contributed by atoms with E-state index < -0.39 is 11.7 Å². The predicted octanol–water partition coefficient (Wildman–Crippen LogP) is 7.63. The molecule has 2 aliphatic rings. The number of amides is 1. The minimum absolute atomic E-state index is 0.0148. The summed E-state index contributed by atoms with van der Waals surface area (Å²) < 4.78 is 34.9. The van der Waals surface area contributed by atoms with Gasteiger partial charge < -0.3 is 54.6 Å². The molecule has 0 bridgehead atoms. The number of piperidine rings is 2. The van der Waals surface area contributed by atoms with E-state index in [1.807, 2.05) is 59.9 Å². The highest BCUT2D eigenvalue weighted by Crippen LogP contribution is 2.32. The van der Waals surface area contributed by atoms with Crippen LogP contribution in [0, 0.1) is 5.92 Å². The molecule has 0 spiro atoms. The first-order valence-electron chi connectivity index (χ1n) is 22.7. The number of hydrogen-bond donors (Lipinski definition) is 4. The summed E-state index contributed by atoms with van der Waals surface area (Å²) in [4.78, 5) is 43.3. The Balaban J connectivity index is 0.000000189. The fourth-order valence-electron chi connectivity index (χ4n) is 7.56. The van der Waals surface area contributed by atoms with E-state index in [1.165, 1.54) is 26.2 Å². The third kappa shape index (κ3) is 15.1. The molecular formula is C47H64ClN13O8. The lowest BCUT2D eigenvalue weighted by Crippen LogP contribution is -2.49. The molecule has 2 saturated heterocycles. The molecule has 21 nitrogen and oxygen atoms in total. The number of hydrogen-bond acceptors (Lipinski definition) is 18. The number of carbonyl (C=O) groups is 2. The van der Waals surface area contributed by atoms with E-state index in [1.54, 1.807) is 60.8 Å². The van der Waals surface area contributed by atoms with Gasteiger partial charge in [-0.05, 0) is 123 Å². The third-order valence-electron chi connectivity index (χ3n) is 10.5. The summed E-state index contributed by atoms with van der Waals surface area (Å²) in [6.45, 7) is 14.9. The van der Waals surface area contributed by atoms with Crippen LogP contribution in [0.2, 0.25) is 5.02 Å². The molecule has 22 heteroatoms. The van der Waals surface area contributed by atoms with Gasteiger partial charge in [0.1, 0.15) is 35.5 Å². The molecular weight excluding hydrogens is 910 g/mol. The van der Waals surface area contributed by atoms with Crippen LogP contribution in [0.25, 0.3) is 11.3 Å². The van der Waals surface area contributed by atoms with Crippen molar-refractivity contribution in [2.45, 2.75) is 90.9 Å². The maximum Gasteiger partial charge on any atom is 0.407 e. The highest BCUT2D eigenvalue weighted by molar-refractivity contribution is 6.30. The van der Waals surface area contributed by atoms with Crippen LogP contribution in [0.4, 0.5) is 33.5 Å². The van der Waals surface area contributed by atoms with Gasteiger partial charge in [-0.3, -0.25) is 4.79 Å². The molecule has 4 N–H and O–H groups in total. The highest BCUT2D eigenvalue weighted by Gasteiger charge is 2.26.